The predicted octanol–water partition coefficient (Wildman–Crippen LogP) is 3.77. The SMILES string of the molecule is C=Nc1ccc(Cc2nnc(C(=O)OCC)o2)cc1/C=C(\C)Cl. The highest BCUT2D eigenvalue weighted by Gasteiger charge is 2.16. The van der Waals surface area contributed by atoms with Crippen LogP contribution in [0.5, 0.6) is 0 Å². The second-order valence-corrected chi connectivity index (χ2v) is 5.28. The van der Waals surface area contributed by atoms with Crippen molar-refractivity contribution in [2.24, 2.45) is 4.99 Å². The summed E-state index contributed by atoms with van der Waals surface area (Å²) in [5.74, 6) is -0.452. The van der Waals surface area contributed by atoms with Crippen molar-refractivity contribution < 1.29 is 13.9 Å². The number of hydrogen-bond donors (Lipinski definition) is 0. The number of rotatable bonds is 6. The van der Waals surface area contributed by atoms with E-state index in [4.69, 9.17) is 20.8 Å². The number of esters is 1. The molecule has 0 radical (unpaired) electrons. The Morgan fingerprint density at radius 1 is 1.48 bits per heavy atom. The zero-order chi connectivity index (χ0) is 16.8. The third kappa shape index (κ3) is 4.50. The molecule has 0 aliphatic heterocycles. The van der Waals surface area contributed by atoms with E-state index in [9.17, 15) is 4.79 Å². The molecule has 7 heteroatoms. The van der Waals surface area contributed by atoms with Crippen molar-refractivity contribution in [3.8, 4) is 0 Å². The Bertz CT molecular complexity index is 749. The molecule has 0 N–H and O–H groups in total. The molecule has 120 valence electrons. The molecule has 0 aliphatic carbocycles. The van der Waals surface area contributed by atoms with E-state index in [-0.39, 0.29) is 12.5 Å². The molecule has 2 rings (SSSR count). The lowest BCUT2D eigenvalue weighted by atomic mass is 10.1. The van der Waals surface area contributed by atoms with Crippen LogP contribution < -0.4 is 0 Å². The summed E-state index contributed by atoms with van der Waals surface area (Å²) in [6.07, 6.45) is 2.18. The molecule has 0 aliphatic rings. The Hall–Kier alpha value is -2.47. The standard InChI is InChI=1S/C16H16ClN3O3/c1-4-22-16(21)15-20-19-14(23-15)9-11-5-6-13(18-3)12(8-11)7-10(2)17/h5-8H,3-4,9H2,1-2H3/b10-7+. The molecule has 0 atom stereocenters. The van der Waals surface area contributed by atoms with Gasteiger partial charge in [-0.25, -0.2) is 4.79 Å². The Morgan fingerprint density at radius 2 is 2.26 bits per heavy atom. The number of hydrogen-bond acceptors (Lipinski definition) is 6. The molecule has 0 spiro atoms. The normalized spacial score (nSPS) is 11.3. The first kappa shape index (κ1) is 16.9. The van der Waals surface area contributed by atoms with Gasteiger partial charge in [-0.1, -0.05) is 17.7 Å². The Morgan fingerprint density at radius 3 is 2.91 bits per heavy atom. The number of carbonyl (C=O) groups is 1. The van der Waals surface area contributed by atoms with Crippen LogP contribution in [0, 0.1) is 0 Å². The number of aromatic nitrogens is 2. The van der Waals surface area contributed by atoms with Gasteiger partial charge in [0.1, 0.15) is 0 Å². The van der Waals surface area contributed by atoms with Gasteiger partial charge < -0.3 is 9.15 Å². The molecule has 2 aromatic rings. The Labute approximate surface area is 138 Å². The topological polar surface area (TPSA) is 77.6 Å². The largest absolute Gasteiger partial charge is 0.459 e. The molecule has 0 amide bonds. The van der Waals surface area contributed by atoms with Crippen molar-refractivity contribution in [2.75, 3.05) is 6.61 Å². The predicted molar refractivity (Wildman–Crippen MR) is 88.2 cm³/mol. The van der Waals surface area contributed by atoms with Gasteiger partial charge in [0.2, 0.25) is 5.89 Å². The van der Waals surface area contributed by atoms with Gasteiger partial charge in [-0.15, -0.1) is 10.2 Å². The number of halogens is 1. The Balaban J connectivity index is 2.22. The summed E-state index contributed by atoms with van der Waals surface area (Å²) in [5, 5.41) is 8.17. The molecule has 0 bridgehead atoms. The summed E-state index contributed by atoms with van der Waals surface area (Å²) >= 11 is 5.93. The number of carbonyl (C=O) groups excluding carboxylic acids is 1. The molecule has 0 saturated carbocycles. The summed E-state index contributed by atoms with van der Waals surface area (Å²) in [7, 11) is 0. The molecular weight excluding hydrogens is 318 g/mol. The van der Waals surface area contributed by atoms with Gasteiger partial charge in [-0.2, -0.15) is 0 Å². The van der Waals surface area contributed by atoms with Crippen LogP contribution in [0.2, 0.25) is 0 Å². The van der Waals surface area contributed by atoms with Crippen LogP contribution >= 0.6 is 11.6 Å². The van der Waals surface area contributed by atoms with Crippen molar-refractivity contribution >= 4 is 36.1 Å². The maximum absolute atomic E-state index is 11.5. The van der Waals surface area contributed by atoms with Gasteiger partial charge in [-0.3, -0.25) is 4.99 Å². The quantitative estimate of drug-likeness (QED) is 0.594. The zero-order valence-electron chi connectivity index (χ0n) is 12.9. The average molecular weight is 334 g/mol. The first-order valence-electron chi connectivity index (χ1n) is 6.96. The van der Waals surface area contributed by atoms with Crippen LogP contribution in [0.25, 0.3) is 6.08 Å². The van der Waals surface area contributed by atoms with Crippen molar-refractivity contribution in [2.45, 2.75) is 20.3 Å². The summed E-state index contributed by atoms with van der Waals surface area (Å²) in [6, 6.07) is 5.61. The Kier molecular flexibility index (Phi) is 5.65. The van der Waals surface area contributed by atoms with E-state index < -0.39 is 5.97 Å². The van der Waals surface area contributed by atoms with E-state index >= 15 is 0 Å². The number of allylic oxidation sites excluding steroid dienone is 1. The van der Waals surface area contributed by atoms with Crippen LogP contribution in [-0.2, 0) is 11.2 Å². The first-order valence-corrected chi connectivity index (χ1v) is 7.34. The van der Waals surface area contributed by atoms with Gasteiger partial charge in [0.15, 0.2) is 0 Å². The number of benzene rings is 1. The molecular formula is C16H16ClN3O3. The van der Waals surface area contributed by atoms with Crippen molar-refractivity contribution in [1.29, 1.82) is 0 Å². The molecule has 0 unspecified atom stereocenters. The second-order valence-electron chi connectivity index (χ2n) is 4.68. The first-order chi connectivity index (χ1) is 11.0. The van der Waals surface area contributed by atoms with Crippen LogP contribution in [0.3, 0.4) is 0 Å². The van der Waals surface area contributed by atoms with E-state index in [1.54, 1.807) is 19.9 Å². The summed E-state index contributed by atoms with van der Waals surface area (Å²) in [5.41, 5.74) is 2.49. The third-order valence-electron chi connectivity index (χ3n) is 2.89. The molecule has 1 aromatic heterocycles. The van der Waals surface area contributed by atoms with Crippen molar-refractivity contribution in [3.63, 3.8) is 0 Å². The second kappa shape index (κ2) is 7.69. The van der Waals surface area contributed by atoms with Crippen LogP contribution in [0.4, 0.5) is 5.69 Å². The van der Waals surface area contributed by atoms with Gasteiger partial charge >= 0.3 is 11.9 Å². The lowest BCUT2D eigenvalue weighted by molar-refractivity contribution is 0.0479. The minimum absolute atomic E-state index is 0.150. The molecule has 1 aromatic carbocycles. The van der Waals surface area contributed by atoms with E-state index in [0.717, 1.165) is 16.8 Å². The fourth-order valence-corrected chi connectivity index (χ4v) is 2.08. The van der Waals surface area contributed by atoms with Crippen molar-refractivity contribution in [1.82, 2.24) is 10.2 Å². The van der Waals surface area contributed by atoms with Gasteiger partial charge in [0, 0.05) is 10.6 Å². The lowest BCUT2D eigenvalue weighted by Gasteiger charge is -2.04. The summed E-state index contributed by atoms with van der Waals surface area (Å²) in [6.45, 7) is 7.28. The molecule has 0 saturated heterocycles. The number of aliphatic imine (C=N–C) groups is 1. The van der Waals surface area contributed by atoms with Crippen LogP contribution in [0.15, 0.2) is 32.6 Å². The third-order valence-corrected chi connectivity index (χ3v) is 3.00. The molecule has 1 heterocycles. The monoisotopic (exact) mass is 333 g/mol. The molecule has 0 fully saturated rings. The highest BCUT2D eigenvalue weighted by Crippen LogP contribution is 2.24. The maximum Gasteiger partial charge on any atom is 0.396 e. The van der Waals surface area contributed by atoms with E-state index in [1.165, 1.54) is 0 Å². The van der Waals surface area contributed by atoms with Crippen molar-refractivity contribution in [3.05, 3.63) is 46.1 Å². The molecule has 23 heavy (non-hydrogen) atoms. The van der Waals surface area contributed by atoms with Crippen LogP contribution in [0.1, 0.15) is 41.6 Å². The summed E-state index contributed by atoms with van der Waals surface area (Å²) < 4.78 is 10.1. The average Bonchev–Trinajstić information content (AvgIpc) is 2.96. The smallest absolute Gasteiger partial charge is 0.396 e. The molecule has 6 nitrogen and oxygen atoms in total. The van der Waals surface area contributed by atoms with Gasteiger partial charge in [-0.05, 0) is 44.3 Å². The fraction of sp³-hybridized carbons (Fsp3) is 0.250. The van der Waals surface area contributed by atoms with Gasteiger partial charge in [0.25, 0.3) is 0 Å². The minimum Gasteiger partial charge on any atom is -0.459 e. The number of nitrogens with zero attached hydrogens (tertiary/aromatic N) is 3. The van der Waals surface area contributed by atoms with E-state index in [1.807, 2.05) is 18.2 Å². The zero-order valence-corrected chi connectivity index (χ0v) is 13.6. The highest BCUT2D eigenvalue weighted by atomic mass is 35.5. The lowest BCUT2D eigenvalue weighted by Crippen LogP contribution is -2.04. The highest BCUT2D eigenvalue weighted by molar-refractivity contribution is 6.31. The van der Waals surface area contributed by atoms with Crippen LogP contribution in [-0.4, -0.2) is 29.5 Å². The maximum atomic E-state index is 11.5. The summed E-state index contributed by atoms with van der Waals surface area (Å²) in [4.78, 5) is 15.5. The fourth-order valence-electron chi connectivity index (χ4n) is 1.96. The van der Waals surface area contributed by atoms with E-state index in [0.29, 0.717) is 17.3 Å². The number of ether oxygens (including phenoxy) is 1. The van der Waals surface area contributed by atoms with Gasteiger partial charge in [0.05, 0.1) is 18.7 Å². The van der Waals surface area contributed by atoms with E-state index in [2.05, 4.69) is 21.9 Å². The minimum atomic E-state index is -0.626.